The Kier molecular flexibility index (Phi) is 16.1. The van der Waals surface area contributed by atoms with Gasteiger partial charge in [-0.1, -0.05) is 10.1 Å². The van der Waals surface area contributed by atoms with Gasteiger partial charge in [-0.05, 0) is 54.6 Å². The van der Waals surface area contributed by atoms with Crippen LogP contribution in [0.2, 0.25) is 0 Å². The lowest BCUT2D eigenvalue weighted by molar-refractivity contribution is -0.434. The van der Waals surface area contributed by atoms with E-state index in [1.165, 1.54) is 0 Å². The Morgan fingerprint density at radius 2 is 1.41 bits per heavy atom. The van der Waals surface area contributed by atoms with E-state index in [4.69, 9.17) is 14.7 Å². The monoisotopic (exact) mass is 1020 g/mol. The number of halogens is 2. The normalized spacial score (nSPS) is 12.7. The van der Waals surface area contributed by atoms with Gasteiger partial charge in [-0.2, -0.15) is 44.0 Å². The van der Waals surface area contributed by atoms with Crippen molar-refractivity contribution in [3.05, 3.63) is 72.7 Å². The van der Waals surface area contributed by atoms with Gasteiger partial charge in [0.15, 0.2) is 27.9 Å². The zero-order valence-electron chi connectivity index (χ0n) is 30.8. The van der Waals surface area contributed by atoms with Gasteiger partial charge in [0.05, 0.1) is 39.9 Å². The van der Waals surface area contributed by atoms with Gasteiger partial charge >= 0.3 is 6.08 Å². The first-order chi connectivity index (χ1) is 30.0. The van der Waals surface area contributed by atoms with Crippen LogP contribution in [0, 0.1) is 12.0 Å². The molecule has 0 bridgehead atoms. The molecule has 0 aliphatic rings. The number of aromatic hydroxyl groups is 1. The summed E-state index contributed by atoms with van der Waals surface area (Å²) in [7, 11) is -19.4. The smallest absolute Gasteiger partial charge is 0.313 e. The molecule has 1 aromatic heterocycles. The first-order valence-corrected chi connectivity index (χ1v) is 23.7. The van der Waals surface area contributed by atoms with Crippen LogP contribution in [0.1, 0.15) is 0 Å². The van der Waals surface area contributed by atoms with Gasteiger partial charge in [0.25, 0.3) is 30.4 Å². The van der Waals surface area contributed by atoms with Crippen LogP contribution in [0.15, 0.2) is 101 Å². The highest BCUT2D eigenvalue weighted by Gasteiger charge is 2.25. The summed E-state index contributed by atoms with van der Waals surface area (Å²) in [5.41, 5.74) is -2.85. The molecule has 0 spiro atoms. The number of nitrogens with zero attached hydrogens (tertiary/aromatic N) is 6. The molecule has 0 fully saturated rings. The van der Waals surface area contributed by atoms with Crippen LogP contribution in [-0.2, 0) is 63.1 Å². The minimum absolute atomic E-state index is 0.0650. The van der Waals surface area contributed by atoms with Crippen molar-refractivity contribution < 1.29 is 94.7 Å². The number of rotatable bonds is 21. The third-order valence-electron chi connectivity index (χ3n) is 7.61. The van der Waals surface area contributed by atoms with E-state index >= 15 is 0 Å². The summed E-state index contributed by atoms with van der Waals surface area (Å²) in [6, 6.07) is 8.94. The van der Waals surface area contributed by atoms with Gasteiger partial charge in [-0.3, -0.25) is 17.8 Å². The molecule has 1 heterocycles. The van der Waals surface area contributed by atoms with Gasteiger partial charge in [-0.15, -0.1) is 29.1 Å². The van der Waals surface area contributed by atoms with Crippen molar-refractivity contribution in [3.8, 4) is 5.75 Å². The number of sulfone groups is 1. The first-order valence-electron chi connectivity index (χ1n) is 16.2. The predicted octanol–water partition coefficient (Wildman–Crippen LogP) is 6.14. The fourth-order valence-electron chi connectivity index (χ4n) is 5.04. The Bertz CT molecular complexity index is 3080. The van der Waals surface area contributed by atoms with Gasteiger partial charge in [-0.25, -0.2) is 18.9 Å². The topological polar surface area (TPSA) is 403 Å². The number of benzene rings is 4. The number of hydrogen-bond donors (Lipinski definition) is 8. The second-order valence-corrected chi connectivity index (χ2v) is 19.3. The number of fused-ring (bicyclic) bond motifs is 1. The number of hydrogen-bond acceptors (Lipinski definition) is 26. The van der Waals surface area contributed by atoms with Crippen LogP contribution in [0.3, 0.4) is 0 Å². The summed E-state index contributed by atoms with van der Waals surface area (Å²) in [4.78, 5) is 3.18. The number of phenolic OH excluding ortho intramolecular Hbond substituents is 1. The number of anilines is 3. The number of aromatic nitrogens is 2. The second-order valence-electron chi connectivity index (χ2n) is 11.7. The minimum Gasteiger partial charge on any atom is -0.505 e. The van der Waals surface area contributed by atoms with E-state index in [2.05, 4.69) is 59.8 Å². The van der Waals surface area contributed by atoms with Crippen molar-refractivity contribution in [1.82, 2.24) is 9.97 Å². The van der Waals surface area contributed by atoms with E-state index in [0.29, 0.717) is 12.1 Å². The zero-order chi connectivity index (χ0) is 47.0. The van der Waals surface area contributed by atoms with E-state index < -0.39 is 119 Å². The lowest BCUT2D eigenvalue weighted by Gasteiger charge is -2.14. The summed E-state index contributed by atoms with van der Waals surface area (Å²) < 4.78 is 168. The van der Waals surface area contributed by atoms with Crippen molar-refractivity contribution in [2.45, 2.75) is 19.6 Å². The predicted molar refractivity (Wildman–Crippen MR) is 213 cm³/mol. The molecule has 344 valence electrons. The molecule has 0 aliphatic heterocycles. The van der Waals surface area contributed by atoms with Crippen LogP contribution in [-0.4, -0.2) is 91.2 Å². The standard InChI is InChI=1S/C29H24F2N8O19S6/c30-24-12-25(35-29(31)34-24)33-14-1-6-22(63(48,49)50)20(9-14)37-39-27-21(59-57-55-41)11-17-16(28(27)40)3-5-19(32-13-62(45,46)47)26(17)38-36-18-4-2-15(10-23(18)64(51,52)53)61(43,44)8-7-54-60-58-56-42/h1-6,9-12,32,40-42H,7-8,13H2,(H,33,34,35)(H,45,46,47)(H,48,49,50)(H,51,52,53)/b38-36+,39-37+. The molecule has 27 nitrogen and oxygen atoms in total. The van der Waals surface area contributed by atoms with Crippen molar-refractivity contribution >= 4 is 115 Å². The molecule has 0 saturated heterocycles. The molecule has 64 heavy (non-hydrogen) atoms. The van der Waals surface area contributed by atoms with Crippen molar-refractivity contribution in [2.75, 3.05) is 28.9 Å². The Hall–Kier alpha value is -5.22. The molecule has 35 heteroatoms. The van der Waals surface area contributed by atoms with Crippen LogP contribution in [0.25, 0.3) is 10.8 Å². The van der Waals surface area contributed by atoms with E-state index in [1.807, 2.05) is 0 Å². The lowest BCUT2D eigenvalue weighted by Crippen LogP contribution is -2.13. The van der Waals surface area contributed by atoms with E-state index in [1.54, 1.807) is 0 Å². The average Bonchev–Trinajstić information content (AvgIpc) is 3.19. The van der Waals surface area contributed by atoms with E-state index in [-0.39, 0.29) is 51.4 Å². The molecule has 5 aromatic rings. The maximum atomic E-state index is 13.7. The SMILES string of the molecule is O=S(=O)(O)CNc1ccc2c(O)c(/N=N/c3cc(Nc4cc(F)nc(F)n4)ccc3S(=O)(=O)O)c(SOOO)cc2c1/N=N/c1ccc(S(=O)(=O)CCOSOOO)cc1S(=O)(=O)O. The second kappa shape index (κ2) is 20.7. The minimum atomic E-state index is -5.29. The van der Waals surface area contributed by atoms with Crippen LogP contribution in [0.4, 0.5) is 48.7 Å². The van der Waals surface area contributed by atoms with Gasteiger partial charge in [0, 0.05) is 22.5 Å². The maximum absolute atomic E-state index is 13.7. The van der Waals surface area contributed by atoms with Crippen LogP contribution >= 0.6 is 24.4 Å². The fraction of sp³-hybridized carbons (Fsp3) is 0.103. The third-order valence-corrected chi connectivity index (χ3v) is 12.6. The summed E-state index contributed by atoms with van der Waals surface area (Å²) in [6.45, 7) is -0.571. The molecule has 0 atom stereocenters. The van der Waals surface area contributed by atoms with Crippen LogP contribution < -0.4 is 10.6 Å². The molecule has 8 N–H and O–H groups in total. The molecule has 0 aliphatic carbocycles. The van der Waals surface area contributed by atoms with Crippen molar-refractivity contribution in [1.29, 1.82) is 0 Å². The fourth-order valence-corrected chi connectivity index (χ4v) is 8.63. The maximum Gasteiger partial charge on any atom is 0.313 e. The highest BCUT2D eigenvalue weighted by atomic mass is 32.2. The molecular formula is C29H24F2N8O19S6. The Balaban J connectivity index is 1.66. The van der Waals surface area contributed by atoms with Crippen molar-refractivity contribution in [2.24, 2.45) is 20.5 Å². The van der Waals surface area contributed by atoms with E-state index in [0.717, 1.165) is 48.5 Å². The lowest BCUT2D eigenvalue weighted by atomic mass is 10.1. The van der Waals surface area contributed by atoms with E-state index in [9.17, 15) is 61.2 Å². The largest absolute Gasteiger partial charge is 0.505 e. The summed E-state index contributed by atoms with van der Waals surface area (Å²) in [6.07, 6.45) is -1.46. The quantitative estimate of drug-likeness (QED) is 0.00597. The summed E-state index contributed by atoms with van der Waals surface area (Å²) in [5.74, 6) is -4.51. The summed E-state index contributed by atoms with van der Waals surface area (Å²) >= 11 is 0.176. The molecule has 0 amide bonds. The Labute approximate surface area is 365 Å². The molecule has 0 radical (unpaired) electrons. The Morgan fingerprint density at radius 1 is 0.719 bits per heavy atom. The molecule has 0 unspecified atom stereocenters. The number of azo groups is 2. The zero-order valence-corrected chi connectivity index (χ0v) is 35.7. The highest BCUT2D eigenvalue weighted by Crippen LogP contribution is 2.48. The molecule has 5 rings (SSSR count). The van der Waals surface area contributed by atoms with Gasteiger partial charge in [0.2, 0.25) is 5.95 Å². The molecule has 4 aromatic carbocycles. The first kappa shape index (κ1) is 49.8. The van der Waals surface area contributed by atoms with Crippen LogP contribution in [0.5, 0.6) is 5.75 Å². The highest BCUT2D eigenvalue weighted by molar-refractivity contribution is 7.94. The third kappa shape index (κ3) is 13.2. The molecule has 0 saturated carbocycles. The summed E-state index contributed by atoms with van der Waals surface area (Å²) in [5, 5.41) is 55.3. The average molecular weight is 1020 g/mol. The number of phenols is 1. The Morgan fingerprint density at radius 3 is 2.06 bits per heavy atom. The van der Waals surface area contributed by atoms with Gasteiger partial charge in [0.1, 0.15) is 44.2 Å². The van der Waals surface area contributed by atoms with Crippen molar-refractivity contribution in [3.63, 3.8) is 0 Å². The van der Waals surface area contributed by atoms with Gasteiger partial charge < -0.3 is 15.7 Å². The molecular weight excluding hydrogens is 995 g/mol. The number of nitrogens with one attached hydrogen (secondary N) is 2.